The molecule has 0 saturated heterocycles. The topological polar surface area (TPSA) is 63.5 Å². The number of aryl methyl sites for hydroxylation is 1. The summed E-state index contributed by atoms with van der Waals surface area (Å²) >= 11 is 0. The Morgan fingerprint density at radius 1 is 1.48 bits per heavy atom. The highest BCUT2D eigenvalue weighted by atomic mass is 16.5. The van der Waals surface area contributed by atoms with E-state index in [0.717, 1.165) is 50.2 Å². The number of ether oxygens (including phenoxy) is 1. The minimum atomic E-state index is 0.640. The number of nitrogens with one attached hydrogen (secondary N) is 2. The smallest absolute Gasteiger partial charge is 0.191 e. The van der Waals surface area contributed by atoms with E-state index in [-0.39, 0.29) is 0 Å². The Morgan fingerprint density at radius 3 is 3.00 bits per heavy atom. The molecular formula is C15H27N5O. The van der Waals surface area contributed by atoms with Gasteiger partial charge < -0.3 is 15.4 Å². The normalized spacial score (nSPS) is 15.2. The molecule has 0 radical (unpaired) electrons. The van der Waals surface area contributed by atoms with Crippen molar-refractivity contribution < 1.29 is 4.74 Å². The first-order valence-corrected chi connectivity index (χ1v) is 7.85. The van der Waals surface area contributed by atoms with E-state index in [1.54, 1.807) is 4.68 Å². The van der Waals surface area contributed by atoms with E-state index < -0.39 is 0 Å². The zero-order valence-electron chi connectivity index (χ0n) is 13.1. The van der Waals surface area contributed by atoms with Gasteiger partial charge in [0.05, 0.1) is 12.7 Å². The Balaban J connectivity index is 1.62. The van der Waals surface area contributed by atoms with E-state index in [2.05, 4.69) is 27.6 Å². The largest absolute Gasteiger partial charge is 0.381 e. The third kappa shape index (κ3) is 6.62. The molecule has 6 heteroatoms. The van der Waals surface area contributed by atoms with Gasteiger partial charge in [-0.2, -0.15) is 5.10 Å². The lowest BCUT2D eigenvalue weighted by atomic mass is 10.4. The molecule has 118 valence electrons. The molecular weight excluding hydrogens is 266 g/mol. The van der Waals surface area contributed by atoms with Crippen LogP contribution in [0.3, 0.4) is 0 Å². The van der Waals surface area contributed by atoms with Gasteiger partial charge in [-0.1, -0.05) is 0 Å². The summed E-state index contributed by atoms with van der Waals surface area (Å²) in [6, 6.07) is 0. The van der Waals surface area contributed by atoms with Crippen molar-refractivity contribution in [2.75, 3.05) is 26.3 Å². The van der Waals surface area contributed by atoms with Crippen molar-refractivity contribution in [1.82, 2.24) is 20.4 Å². The highest BCUT2D eigenvalue weighted by Crippen LogP contribution is 2.28. The molecule has 0 aliphatic heterocycles. The van der Waals surface area contributed by atoms with Crippen molar-refractivity contribution in [1.29, 1.82) is 0 Å². The Morgan fingerprint density at radius 2 is 2.33 bits per heavy atom. The van der Waals surface area contributed by atoms with Crippen LogP contribution in [-0.2, 0) is 18.3 Å². The fraction of sp³-hybridized carbons (Fsp3) is 0.733. The maximum absolute atomic E-state index is 5.62. The quantitative estimate of drug-likeness (QED) is 0.409. The van der Waals surface area contributed by atoms with Crippen LogP contribution in [0, 0.1) is 5.92 Å². The summed E-state index contributed by atoms with van der Waals surface area (Å²) in [5, 5.41) is 10.7. The lowest BCUT2D eigenvalue weighted by Crippen LogP contribution is -2.38. The molecule has 0 atom stereocenters. The predicted molar refractivity (Wildman–Crippen MR) is 84.2 cm³/mol. The third-order valence-electron chi connectivity index (χ3n) is 3.33. The number of aromatic nitrogens is 2. The van der Waals surface area contributed by atoms with E-state index in [0.29, 0.717) is 6.54 Å². The van der Waals surface area contributed by atoms with Crippen molar-refractivity contribution in [2.45, 2.75) is 32.7 Å². The van der Waals surface area contributed by atoms with Crippen molar-refractivity contribution in [3.63, 3.8) is 0 Å². The van der Waals surface area contributed by atoms with Crippen molar-refractivity contribution in [3.8, 4) is 0 Å². The Hall–Kier alpha value is -1.56. The second-order valence-corrected chi connectivity index (χ2v) is 5.52. The number of guanidine groups is 1. The Labute approximate surface area is 127 Å². The minimum absolute atomic E-state index is 0.640. The molecule has 1 fully saturated rings. The predicted octanol–water partition coefficient (Wildman–Crippen LogP) is 1.29. The molecule has 0 spiro atoms. The number of aliphatic imine (C=N–C) groups is 1. The van der Waals surface area contributed by atoms with Crippen LogP contribution in [0.15, 0.2) is 17.4 Å². The van der Waals surface area contributed by atoms with Gasteiger partial charge in [0, 0.05) is 45.1 Å². The zero-order valence-corrected chi connectivity index (χ0v) is 13.1. The molecule has 1 aliphatic carbocycles. The highest BCUT2D eigenvalue weighted by molar-refractivity contribution is 5.79. The van der Waals surface area contributed by atoms with E-state index in [4.69, 9.17) is 4.74 Å². The summed E-state index contributed by atoms with van der Waals surface area (Å²) < 4.78 is 7.41. The second-order valence-electron chi connectivity index (χ2n) is 5.52. The summed E-state index contributed by atoms with van der Waals surface area (Å²) in [5.41, 5.74) is 1.11. The molecule has 1 aliphatic rings. The van der Waals surface area contributed by atoms with Gasteiger partial charge in [0.1, 0.15) is 0 Å². The average molecular weight is 293 g/mol. The molecule has 0 unspecified atom stereocenters. The molecule has 0 amide bonds. The molecule has 1 aromatic heterocycles. The Kier molecular flexibility index (Phi) is 6.53. The average Bonchev–Trinajstić information content (AvgIpc) is 3.21. The van der Waals surface area contributed by atoms with Crippen LogP contribution in [0.2, 0.25) is 0 Å². The molecule has 0 bridgehead atoms. The minimum Gasteiger partial charge on any atom is -0.381 e. The maximum atomic E-state index is 5.62. The van der Waals surface area contributed by atoms with Gasteiger partial charge in [-0.05, 0) is 32.1 Å². The van der Waals surface area contributed by atoms with Crippen molar-refractivity contribution >= 4 is 5.96 Å². The zero-order chi connectivity index (χ0) is 14.9. The van der Waals surface area contributed by atoms with Crippen molar-refractivity contribution in [2.24, 2.45) is 18.0 Å². The first-order valence-electron chi connectivity index (χ1n) is 7.85. The van der Waals surface area contributed by atoms with Crippen LogP contribution in [0.1, 0.15) is 31.7 Å². The molecule has 1 heterocycles. The number of nitrogens with zero attached hydrogens (tertiary/aromatic N) is 3. The fourth-order valence-corrected chi connectivity index (χ4v) is 1.98. The van der Waals surface area contributed by atoms with Crippen LogP contribution in [0.4, 0.5) is 0 Å². The molecule has 2 rings (SSSR count). The first-order chi connectivity index (χ1) is 10.3. The SMILES string of the molecule is CCNC(=NCc1cnn(C)c1)NCCCOCC1CC1. The molecule has 6 nitrogen and oxygen atoms in total. The number of hydrogen-bond donors (Lipinski definition) is 2. The van der Waals surface area contributed by atoms with Gasteiger partial charge in [0.15, 0.2) is 5.96 Å². The summed E-state index contributed by atoms with van der Waals surface area (Å²) in [6.45, 7) is 6.21. The van der Waals surface area contributed by atoms with E-state index in [1.165, 1.54) is 12.8 Å². The van der Waals surface area contributed by atoms with Gasteiger partial charge in [0.25, 0.3) is 0 Å². The number of rotatable bonds is 9. The van der Waals surface area contributed by atoms with Gasteiger partial charge in [0.2, 0.25) is 0 Å². The first kappa shape index (κ1) is 15.8. The van der Waals surface area contributed by atoms with Crippen molar-refractivity contribution in [3.05, 3.63) is 18.0 Å². The van der Waals surface area contributed by atoms with Gasteiger partial charge in [-0.25, -0.2) is 4.99 Å². The van der Waals surface area contributed by atoms with E-state index in [9.17, 15) is 0 Å². The molecule has 1 aromatic rings. The van der Waals surface area contributed by atoms with Gasteiger partial charge in [-0.3, -0.25) is 4.68 Å². The van der Waals surface area contributed by atoms with Crippen LogP contribution in [-0.4, -0.2) is 42.0 Å². The summed E-state index contributed by atoms with van der Waals surface area (Å²) in [4.78, 5) is 4.55. The molecule has 1 saturated carbocycles. The third-order valence-corrected chi connectivity index (χ3v) is 3.33. The molecule has 0 aromatic carbocycles. The summed E-state index contributed by atoms with van der Waals surface area (Å²) in [5.74, 6) is 1.69. The summed E-state index contributed by atoms with van der Waals surface area (Å²) in [7, 11) is 1.91. The van der Waals surface area contributed by atoms with Crippen LogP contribution in [0.25, 0.3) is 0 Å². The Bertz CT molecular complexity index is 439. The van der Waals surface area contributed by atoms with Crippen LogP contribution in [0.5, 0.6) is 0 Å². The molecule has 2 N–H and O–H groups in total. The maximum Gasteiger partial charge on any atom is 0.191 e. The van der Waals surface area contributed by atoms with Gasteiger partial charge >= 0.3 is 0 Å². The fourth-order valence-electron chi connectivity index (χ4n) is 1.98. The van der Waals surface area contributed by atoms with Crippen LogP contribution < -0.4 is 10.6 Å². The van der Waals surface area contributed by atoms with E-state index >= 15 is 0 Å². The molecule has 21 heavy (non-hydrogen) atoms. The second kappa shape index (κ2) is 8.67. The highest BCUT2D eigenvalue weighted by Gasteiger charge is 2.20. The lowest BCUT2D eigenvalue weighted by molar-refractivity contribution is 0.123. The summed E-state index contributed by atoms with van der Waals surface area (Å²) in [6.07, 6.45) is 7.54. The van der Waals surface area contributed by atoms with E-state index in [1.807, 2.05) is 19.4 Å². The standard InChI is InChI=1S/C15H27N5O/c1-3-16-15(18-9-14-10-19-20(2)11-14)17-7-4-8-21-12-13-5-6-13/h10-11,13H,3-9,12H2,1-2H3,(H2,16,17,18). The monoisotopic (exact) mass is 293 g/mol. The van der Waals surface area contributed by atoms with Gasteiger partial charge in [-0.15, -0.1) is 0 Å². The lowest BCUT2D eigenvalue weighted by Gasteiger charge is -2.11. The number of hydrogen-bond acceptors (Lipinski definition) is 3. The van der Waals surface area contributed by atoms with Crippen LogP contribution >= 0.6 is 0 Å².